The second kappa shape index (κ2) is 5.29. The summed E-state index contributed by atoms with van der Waals surface area (Å²) in [6.07, 6.45) is 0. The maximum atomic E-state index is 12.2. The number of carbonyl (C=O) groups is 1. The molecular weight excluding hydrogens is 274 g/mol. The van der Waals surface area contributed by atoms with Crippen molar-refractivity contribution in [3.8, 4) is 0 Å². The minimum Gasteiger partial charge on any atom is -0.305 e. The van der Waals surface area contributed by atoms with E-state index in [0.29, 0.717) is 16.4 Å². The average molecular weight is 292 g/mol. The van der Waals surface area contributed by atoms with Gasteiger partial charge in [-0.2, -0.15) is 5.10 Å². The fourth-order valence-electron chi connectivity index (χ4n) is 1.84. The summed E-state index contributed by atoms with van der Waals surface area (Å²) in [5, 5.41) is 10.5. The Morgan fingerprint density at radius 1 is 1.30 bits per heavy atom. The van der Waals surface area contributed by atoms with Crippen molar-refractivity contribution in [3.63, 3.8) is 0 Å². The van der Waals surface area contributed by atoms with Crippen molar-refractivity contribution in [3.05, 3.63) is 46.1 Å². The van der Waals surface area contributed by atoms with Crippen molar-refractivity contribution >= 4 is 23.3 Å². The van der Waals surface area contributed by atoms with Crippen molar-refractivity contribution in [1.82, 2.24) is 10.2 Å². The maximum absolute atomic E-state index is 12.2. The van der Waals surface area contributed by atoms with E-state index in [1.54, 1.807) is 18.2 Å². The Balaban J connectivity index is 2.17. The number of rotatable bonds is 2. The van der Waals surface area contributed by atoms with Gasteiger partial charge in [0.1, 0.15) is 0 Å². The first kappa shape index (κ1) is 14.6. The van der Waals surface area contributed by atoms with Gasteiger partial charge in [-0.25, -0.2) is 0 Å². The fraction of sp³-hybridized carbons (Fsp3) is 0.333. The molecule has 1 amide bonds. The number of nitrogens with zero attached hydrogens (tertiary/aromatic N) is 1. The highest BCUT2D eigenvalue weighted by atomic mass is 35.5. The van der Waals surface area contributed by atoms with Gasteiger partial charge in [-0.05, 0) is 30.7 Å². The predicted octanol–water partition coefficient (Wildman–Crippen LogP) is 3.92. The molecule has 0 bridgehead atoms. The van der Waals surface area contributed by atoms with Crippen LogP contribution in [0.25, 0.3) is 0 Å². The molecule has 2 rings (SSSR count). The largest absolute Gasteiger partial charge is 0.305 e. The van der Waals surface area contributed by atoms with E-state index in [1.165, 1.54) is 0 Å². The predicted molar refractivity (Wildman–Crippen MR) is 81.4 cm³/mol. The Morgan fingerprint density at radius 3 is 2.55 bits per heavy atom. The van der Waals surface area contributed by atoms with Crippen molar-refractivity contribution in [2.75, 3.05) is 5.32 Å². The number of carbonyl (C=O) groups excluding carboxylic acids is 1. The number of hydrogen-bond donors (Lipinski definition) is 2. The summed E-state index contributed by atoms with van der Waals surface area (Å²) >= 11 is 5.89. The Hall–Kier alpha value is -1.81. The summed E-state index contributed by atoms with van der Waals surface area (Å²) < 4.78 is 0. The number of benzene rings is 1. The molecule has 0 fully saturated rings. The van der Waals surface area contributed by atoms with Gasteiger partial charge in [-0.15, -0.1) is 0 Å². The molecule has 2 aromatic rings. The molecule has 0 aliphatic heterocycles. The van der Waals surface area contributed by atoms with Crippen LogP contribution in [0.5, 0.6) is 0 Å². The van der Waals surface area contributed by atoms with Crippen LogP contribution in [-0.2, 0) is 5.41 Å². The number of H-pyrrole nitrogens is 1. The van der Waals surface area contributed by atoms with Gasteiger partial charge in [0, 0.05) is 27.8 Å². The molecule has 0 aliphatic carbocycles. The lowest BCUT2D eigenvalue weighted by molar-refractivity contribution is 0.102. The lowest BCUT2D eigenvalue weighted by Crippen LogP contribution is -2.13. The standard InChI is InChI=1S/C15H18ClN3O/c1-9-7-10(16)5-6-11(9)14(20)17-13-8-12(18-19-13)15(2,3)4/h5-8H,1-4H3,(H2,17,18,19,20). The summed E-state index contributed by atoms with van der Waals surface area (Å²) in [6, 6.07) is 7.03. The van der Waals surface area contributed by atoms with Crippen LogP contribution in [0.4, 0.5) is 5.82 Å². The number of hydrogen-bond acceptors (Lipinski definition) is 2. The summed E-state index contributed by atoms with van der Waals surface area (Å²) in [6.45, 7) is 8.09. The molecule has 2 N–H and O–H groups in total. The minimum absolute atomic E-state index is 0.0355. The minimum atomic E-state index is -0.189. The van der Waals surface area contributed by atoms with Gasteiger partial charge in [-0.1, -0.05) is 32.4 Å². The van der Waals surface area contributed by atoms with Crippen LogP contribution in [0.15, 0.2) is 24.3 Å². The molecule has 1 heterocycles. The van der Waals surface area contributed by atoms with Gasteiger partial charge < -0.3 is 5.32 Å². The summed E-state index contributed by atoms with van der Waals surface area (Å²) in [7, 11) is 0. The SMILES string of the molecule is Cc1cc(Cl)ccc1C(=O)Nc1cc(C(C)(C)C)[nH]n1. The van der Waals surface area contributed by atoms with Gasteiger partial charge in [0.05, 0.1) is 0 Å². The second-order valence-corrected chi connectivity index (χ2v) is 6.27. The molecular formula is C15H18ClN3O. The van der Waals surface area contributed by atoms with Gasteiger partial charge in [0.2, 0.25) is 0 Å². The zero-order valence-electron chi connectivity index (χ0n) is 12.0. The lowest BCUT2D eigenvalue weighted by Gasteiger charge is -2.14. The van der Waals surface area contributed by atoms with Crippen LogP contribution in [0, 0.1) is 6.92 Å². The van der Waals surface area contributed by atoms with E-state index in [4.69, 9.17) is 11.6 Å². The molecule has 5 heteroatoms. The van der Waals surface area contributed by atoms with Crippen LogP contribution < -0.4 is 5.32 Å². The average Bonchev–Trinajstić information content (AvgIpc) is 2.76. The van der Waals surface area contributed by atoms with Gasteiger partial charge in [0.25, 0.3) is 5.91 Å². The lowest BCUT2D eigenvalue weighted by atomic mass is 9.92. The fourth-order valence-corrected chi connectivity index (χ4v) is 2.06. The molecule has 0 atom stereocenters. The van der Waals surface area contributed by atoms with E-state index in [2.05, 4.69) is 36.3 Å². The summed E-state index contributed by atoms with van der Waals surface area (Å²) in [4.78, 5) is 12.2. The molecule has 1 aromatic heterocycles. The van der Waals surface area contributed by atoms with Crippen LogP contribution in [0.3, 0.4) is 0 Å². The quantitative estimate of drug-likeness (QED) is 0.881. The Labute approximate surface area is 123 Å². The first-order chi connectivity index (χ1) is 9.27. The van der Waals surface area contributed by atoms with Gasteiger partial charge >= 0.3 is 0 Å². The van der Waals surface area contributed by atoms with Gasteiger partial charge in [-0.3, -0.25) is 9.89 Å². The first-order valence-electron chi connectivity index (χ1n) is 6.41. The molecule has 0 radical (unpaired) electrons. The number of nitrogens with one attached hydrogen (secondary N) is 2. The highest BCUT2D eigenvalue weighted by Gasteiger charge is 2.18. The number of anilines is 1. The normalized spacial score (nSPS) is 11.4. The van der Waals surface area contributed by atoms with Crippen molar-refractivity contribution in [2.24, 2.45) is 0 Å². The Morgan fingerprint density at radius 2 is 2.00 bits per heavy atom. The van der Waals surface area contributed by atoms with E-state index in [-0.39, 0.29) is 11.3 Å². The van der Waals surface area contributed by atoms with Crippen LogP contribution in [0.1, 0.15) is 42.4 Å². The molecule has 0 spiro atoms. The smallest absolute Gasteiger partial charge is 0.257 e. The molecule has 20 heavy (non-hydrogen) atoms. The van der Waals surface area contributed by atoms with E-state index >= 15 is 0 Å². The highest BCUT2D eigenvalue weighted by molar-refractivity contribution is 6.30. The molecule has 4 nitrogen and oxygen atoms in total. The van der Waals surface area contributed by atoms with E-state index in [1.807, 2.05) is 13.0 Å². The van der Waals surface area contributed by atoms with E-state index < -0.39 is 0 Å². The van der Waals surface area contributed by atoms with Crippen LogP contribution in [-0.4, -0.2) is 16.1 Å². The van der Waals surface area contributed by atoms with E-state index in [0.717, 1.165) is 11.3 Å². The van der Waals surface area contributed by atoms with E-state index in [9.17, 15) is 4.79 Å². The third-order valence-electron chi connectivity index (χ3n) is 3.06. The van der Waals surface area contributed by atoms with Gasteiger partial charge in [0.15, 0.2) is 5.82 Å². The Bertz CT molecular complexity index is 641. The summed E-state index contributed by atoms with van der Waals surface area (Å²) in [5.41, 5.74) is 2.36. The molecule has 1 aromatic carbocycles. The molecule has 0 unspecified atom stereocenters. The van der Waals surface area contributed by atoms with Crippen LogP contribution in [0.2, 0.25) is 5.02 Å². The number of aromatic amines is 1. The third-order valence-corrected chi connectivity index (χ3v) is 3.30. The van der Waals surface area contributed by atoms with Crippen molar-refractivity contribution < 1.29 is 4.79 Å². The van der Waals surface area contributed by atoms with Crippen molar-refractivity contribution in [2.45, 2.75) is 33.1 Å². The van der Waals surface area contributed by atoms with Crippen LogP contribution >= 0.6 is 11.6 Å². The molecule has 0 saturated heterocycles. The number of aryl methyl sites for hydroxylation is 1. The number of amides is 1. The zero-order valence-corrected chi connectivity index (χ0v) is 12.8. The molecule has 106 valence electrons. The topological polar surface area (TPSA) is 57.8 Å². The third kappa shape index (κ3) is 3.20. The monoisotopic (exact) mass is 291 g/mol. The Kier molecular flexibility index (Phi) is 3.86. The first-order valence-corrected chi connectivity index (χ1v) is 6.78. The maximum Gasteiger partial charge on any atom is 0.257 e. The second-order valence-electron chi connectivity index (χ2n) is 5.83. The number of halogens is 1. The highest BCUT2D eigenvalue weighted by Crippen LogP contribution is 2.22. The molecule has 0 saturated carbocycles. The van der Waals surface area contributed by atoms with Crippen molar-refractivity contribution in [1.29, 1.82) is 0 Å². The number of aromatic nitrogens is 2. The zero-order chi connectivity index (χ0) is 14.9. The summed E-state index contributed by atoms with van der Waals surface area (Å²) in [5.74, 6) is 0.334. The molecule has 0 aliphatic rings.